The Bertz CT molecular complexity index is 582. The van der Waals surface area contributed by atoms with Crippen LogP contribution in [0.5, 0.6) is 0 Å². The normalized spacial score (nSPS) is 22.0. The lowest BCUT2D eigenvalue weighted by atomic mass is 9.94. The van der Waals surface area contributed by atoms with E-state index < -0.39 is 5.60 Å². The van der Waals surface area contributed by atoms with Crippen molar-refractivity contribution in [1.82, 2.24) is 10.3 Å². The number of anilines is 1. The van der Waals surface area contributed by atoms with Crippen LogP contribution < -0.4 is 10.2 Å². The highest BCUT2D eigenvalue weighted by atomic mass is 16.6. The fourth-order valence-electron chi connectivity index (χ4n) is 3.96. The standard InChI is InChI=1S/C21H33N3O2/c1-21(2,3)26-20(25)24(17-9-5-4-6-10-17)19-13-12-16(15-23-19)18-11-7-8-14-22-18/h12-13,15,17-18,22H,4-11,14H2,1-3H3. The zero-order valence-corrected chi connectivity index (χ0v) is 16.5. The quantitative estimate of drug-likeness (QED) is 0.828. The monoisotopic (exact) mass is 359 g/mol. The predicted octanol–water partition coefficient (Wildman–Crippen LogP) is 4.97. The predicted molar refractivity (Wildman–Crippen MR) is 104 cm³/mol. The van der Waals surface area contributed by atoms with E-state index in [1.54, 1.807) is 4.90 Å². The van der Waals surface area contributed by atoms with Crippen LogP contribution in [0.15, 0.2) is 18.3 Å². The van der Waals surface area contributed by atoms with Gasteiger partial charge in [-0.15, -0.1) is 0 Å². The minimum atomic E-state index is -0.504. The molecule has 0 bridgehead atoms. The lowest BCUT2D eigenvalue weighted by molar-refractivity contribution is 0.0556. The van der Waals surface area contributed by atoms with Crippen LogP contribution in [-0.2, 0) is 4.74 Å². The van der Waals surface area contributed by atoms with Crippen LogP contribution in [0.1, 0.15) is 83.7 Å². The molecule has 2 heterocycles. The van der Waals surface area contributed by atoms with Gasteiger partial charge in [-0.3, -0.25) is 4.90 Å². The molecule has 1 atom stereocenters. The number of pyridine rings is 1. The highest BCUT2D eigenvalue weighted by Crippen LogP contribution is 2.29. The van der Waals surface area contributed by atoms with E-state index in [0.29, 0.717) is 11.9 Å². The van der Waals surface area contributed by atoms with Gasteiger partial charge in [0.2, 0.25) is 0 Å². The van der Waals surface area contributed by atoms with Gasteiger partial charge in [0, 0.05) is 18.3 Å². The lowest BCUT2D eigenvalue weighted by Gasteiger charge is -2.35. The molecular formula is C21H33N3O2. The number of nitrogens with one attached hydrogen (secondary N) is 1. The van der Waals surface area contributed by atoms with Gasteiger partial charge in [0.1, 0.15) is 11.4 Å². The molecule has 144 valence electrons. The summed E-state index contributed by atoms with van der Waals surface area (Å²) in [5.74, 6) is 0.714. The fourth-order valence-corrected chi connectivity index (χ4v) is 3.96. The number of aromatic nitrogens is 1. The van der Waals surface area contributed by atoms with Gasteiger partial charge in [0.15, 0.2) is 0 Å². The Morgan fingerprint density at radius 3 is 2.42 bits per heavy atom. The molecule has 2 fully saturated rings. The van der Waals surface area contributed by atoms with Gasteiger partial charge in [0.05, 0.1) is 0 Å². The molecule has 0 radical (unpaired) electrons. The molecule has 26 heavy (non-hydrogen) atoms. The topological polar surface area (TPSA) is 54.5 Å². The van der Waals surface area contributed by atoms with Gasteiger partial charge >= 0.3 is 6.09 Å². The van der Waals surface area contributed by atoms with Crippen molar-refractivity contribution in [1.29, 1.82) is 0 Å². The molecule has 1 saturated carbocycles. The van der Waals surface area contributed by atoms with Gasteiger partial charge in [-0.25, -0.2) is 9.78 Å². The number of hydrogen-bond donors (Lipinski definition) is 1. The maximum Gasteiger partial charge on any atom is 0.416 e. The molecule has 0 spiro atoms. The molecule has 1 N–H and O–H groups in total. The average Bonchev–Trinajstić information content (AvgIpc) is 2.63. The lowest BCUT2D eigenvalue weighted by Crippen LogP contribution is -2.45. The Morgan fingerprint density at radius 1 is 1.12 bits per heavy atom. The zero-order valence-electron chi connectivity index (χ0n) is 16.5. The van der Waals surface area contributed by atoms with Crippen LogP contribution in [0.25, 0.3) is 0 Å². The third kappa shape index (κ3) is 4.97. The van der Waals surface area contributed by atoms with E-state index in [-0.39, 0.29) is 12.1 Å². The van der Waals surface area contributed by atoms with Crippen LogP contribution in [0.2, 0.25) is 0 Å². The van der Waals surface area contributed by atoms with Crippen molar-refractivity contribution in [3.8, 4) is 0 Å². The number of carbonyl (C=O) groups excluding carboxylic acids is 1. The van der Waals surface area contributed by atoms with Crippen molar-refractivity contribution in [2.45, 2.75) is 89.8 Å². The minimum Gasteiger partial charge on any atom is -0.443 e. The summed E-state index contributed by atoms with van der Waals surface area (Å²) in [6.45, 7) is 6.80. The van der Waals surface area contributed by atoms with Gasteiger partial charge in [-0.05, 0) is 64.6 Å². The van der Waals surface area contributed by atoms with Gasteiger partial charge in [-0.2, -0.15) is 0 Å². The maximum atomic E-state index is 12.9. The molecule has 1 aromatic heterocycles. The molecule has 1 amide bonds. The zero-order chi connectivity index (χ0) is 18.6. The van der Waals surface area contributed by atoms with E-state index in [0.717, 1.165) is 38.6 Å². The fraction of sp³-hybridized carbons (Fsp3) is 0.714. The smallest absolute Gasteiger partial charge is 0.416 e. The summed E-state index contributed by atoms with van der Waals surface area (Å²) in [7, 11) is 0. The average molecular weight is 360 g/mol. The van der Waals surface area contributed by atoms with Crippen LogP contribution in [0.4, 0.5) is 10.6 Å². The van der Waals surface area contributed by atoms with Gasteiger partial charge in [-0.1, -0.05) is 31.7 Å². The summed E-state index contributed by atoms with van der Waals surface area (Å²) in [6.07, 6.45) is 10.9. The molecule has 1 unspecified atom stereocenters. The summed E-state index contributed by atoms with van der Waals surface area (Å²) < 4.78 is 5.69. The third-order valence-corrected chi connectivity index (χ3v) is 5.26. The molecule has 1 aromatic rings. The second kappa shape index (κ2) is 8.38. The van der Waals surface area contributed by atoms with E-state index in [9.17, 15) is 4.79 Å². The minimum absolute atomic E-state index is 0.185. The summed E-state index contributed by atoms with van der Waals surface area (Å²) in [5.41, 5.74) is 0.705. The third-order valence-electron chi connectivity index (χ3n) is 5.26. The molecular weight excluding hydrogens is 326 g/mol. The summed E-state index contributed by atoms with van der Waals surface area (Å²) in [4.78, 5) is 19.4. The maximum absolute atomic E-state index is 12.9. The van der Waals surface area contributed by atoms with E-state index >= 15 is 0 Å². The second-order valence-electron chi connectivity index (χ2n) is 8.59. The Kier molecular flexibility index (Phi) is 6.17. The molecule has 2 aliphatic rings. The number of carbonyl (C=O) groups is 1. The van der Waals surface area contributed by atoms with Crippen LogP contribution in [0, 0.1) is 0 Å². The van der Waals surface area contributed by atoms with Crippen LogP contribution >= 0.6 is 0 Å². The number of piperidine rings is 1. The van der Waals surface area contributed by atoms with Gasteiger partial charge < -0.3 is 10.1 Å². The van der Waals surface area contributed by atoms with Crippen LogP contribution in [-0.4, -0.2) is 29.3 Å². The Balaban J connectivity index is 1.79. The van der Waals surface area contributed by atoms with Crippen LogP contribution in [0.3, 0.4) is 0 Å². The van der Waals surface area contributed by atoms with E-state index in [4.69, 9.17) is 4.74 Å². The molecule has 5 heteroatoms. The van der Waals surface area contributed by atoms with Crippen molar-refractivity contribution < 1.29 is 9.53 Å². The number of nitrogens with zero attached hydrogens (tertiary/aromatic N) is 2. The molecule has 1 saturated heterocycles. The van der Waals surface area contributed by atoms with Crippen molar-refractivity contribution in [2.24, 2.45) is 0 Å². The summed E-state index contributed by atoms with van der Waals surface area (Å²) in [5, 5.41) is 3.56. The van der Waals surface area contributed by atoms with E-state index in [1.807, 2.05) is 33.0 Å². The highest BCUT2D eigenvalue weighted by molar-refractivity contribution is 5.87. The highest BCUT2D eigenvalue weighted by Gasteiger charge is 2.31. The van der Waals surface area contributed by atoms with Crippen molar-refractivity contribution in [3.63, 3.8) is 0 Å². The van der Waals surface area contributed by atoms with Crippen molar-refractivity contribution >= 4 is 11.9 Å². The van der Waals surface area contributed by atoms with E-state index in [1.165, 1.54) is 24.8 Å². The molecule has 1 aliphatic carbocycles. The first-order valence-corrected chi connectivity index (χ1v) is 10.2. The summed E-state index contributed by atoms with van der Waals surface area (Å²) >= 11 is 0. The number of amides is 1. The second-order valence-corrected chi connectivity index (χ2v) is 8.59. The molecule has 3 rings (SSSR count). The van der Waals surface area contributed by atoms with Crippen molar-refractivity contribution in [3.05, 3.63) is 23.9 Å². The molecule has 0 aromatic carbocycles. The molecule has 1 aliphatic heterocycles. The van der Waals surface area contributed by atoms with Gasteiger partial charge in [0.25, 0.3) is 0 Å². The first-order chi connectivity index (χ1) is 12.4. The number of rotatable bonds is 3. The van der Waals surface area contributed by atoms with E-state index in [2.05, 4.69) is 16.4 Å². The Hall–Kier alpha value is -1.62. The first-order valence-electron chi connectivity index (χ1n) is 10.2. The SMILES string of the molecule is CC(C)(C)OC(=O)N(c1ccc(C2CCCCN2)cn1)C1CCCCC1. The Labute approximate surface area is 157 Å². The first kappa shape index (κ1) is 19.2. The number of ether oxygens (including phenoxy) is 1. The largest absolute Gasteiger partial charge is 0.443 e. The Morgan fingerprint density at radius 2 is 1.85 bits per heavy atom. The number of hydrogen-bond acceptors (Lipinski definition) is 4. The summed E-state index contributed by atoms with van der Waals surface area (Å²) in [6, 6.07) is 4.68. The van der Waals surface area contributed by atoms with Crippen molar-refractivity contribution in [2.75, 3.05) is 11.4 Å². The molecule has 5 nitrogen and oxygen atoms in total.